The molecule has 1 fully saturated rings. The van der Waals surface area contributed by atoms with Crippen LogP contribution in [0.4, 0.5) is 5.13 Å². The first kappa shape index (κ1) is 17.4. The van der Waals surface area contributed by atoms with E-state index in [0.717, 1.165) is 34.4 Å². The molecule has 1 aliphatic heterocycles. The minimum atomic E-state index is 0.532. The number of morpholine rings is 1. The molecule has 3 heterocycles. The first-order chi connectivity index (χ1) is 13.3. The Labute approximate surface area is 162 Å². The smallest absolute Gasteiger partial charge is 0.186 e. The van der Waals surface area contributed by atoms with Crippen molar-refractivity contribution in [3.8, 4) is 17.3 Å². The summed E-state index contributed by atoms with van der Waals surface area (Å²) in [5.74, 6) is 0. The number of pyridine rings is 1. The van der Waals surface area contributed by atoms with Crippen molar-refractivity contribution in [2.75, 3.05) is 31.2 Å². The summed E-state index contributed by atoms with van der Waals surface area (Å²) in [5, 5.41) is 10.6. The zero-order valence-corrected chi connectivity index (χ0v) is 15.5. The van der Waals surface area contributed by atoms with E-state index in [4.69, 9.17) is 9.72 Å². The van der Waals surface area contributed by atoms with Crippen molar-refractivity contribution < 1.29 is 4.74 Å². The first-order valence-corrected chi connectivity index (χ1v) is 9.59. The molecule has 0 N–H and O–H groups in total. The Hall–Kier alpha value is -3.01. The molecular formula is C21H18N4OS. The molecule has 0 spiro atoms. The number of nitriles is 1. The topological polar surface area (TPSA) is 62.0 Å². The maximum Gasteiger partial charge on any atom is 0.186 e. The maximum absolute atomic E-state index is 9.66. The van der Waals surface area contributed by atoms with Gasteiger partial charge in [0.1, 0.15) is 6.07 Å². The molecule has 1 aliphatic rings. The van der Waals surface area contributed by atoms with Crippen LogP contribution in [0.25, 0.3) is 22.9 Å². The lowest BCUT2D eigenvalue weighted by Crippen LogP contribution is -2.36. The predicted molar refractivity (Wildman–Crippen MR) is 108 cm³/mol. The minimum Gasteiger partial charge on any atom is -0.378 e. The van der Waals surface area contributed by atoms with E-state index in [0.29, 0.717) is 24.5 Å². The Balaban J connectivity index is 1.79. The third-order valence-corrected chi connectivity index (χ3v) is 5.37. The molecule has 0 radical (unpaired) electrons. The molecule has 1 saturated heterocycles. The number of thiazole rings is 1. The summed E-state index contributed by atoms with van der Waals surface area (Å²) in [6.07, 6.45) is 3.59. The fraction of sp³-hybridized carbons (Fsp3) is 0.190. The molecule has 3 aromatic rings. The van der Waals surface area contributed by atoms with Gasteiger partial charge in [0.25, 0.3) is 0 Å². The Bertz CT molecular complexity index is 970. The molecule has 0 unspecified atom stereocenters. The van der Waals surface area contributed by atoms with Crippen molar-refractivity contribution in [2.45, 2.75) is 0 Å². The zero-order valence-electron chi connectivity index (χ0n) is 14.7. The number of nitrogens with zero attached hydrogens (tertiary/aromatic N) is 4. The second-order valence-corrected chi connectivity index (χ2v) is 7.07. The van der Waals surface area contributed by atoms with Crippen LogP contribution in [0.3, 0.4) is 0 Å². The van der Waals surface area contributed by atoms with Crippen molar-refractivity contribution in [2.24, 2.45) is 0 Å². The molecule has 27 heavy (non-hydrogen) atoms. The molecule has 0 atom stereocenters. The summed E-state index contributed by atoms with van der Waals surface area (Å²) >= 11 is 1.60. The second-order valence-electron chi connectivity index (χ2n) is 6.06. The number of aromatic nitrogens is 2. The van der Waals surface area contributed by atoms with Gasteiger partial charge in [-0.25, -0.2) is 4.98 Å². The largest absolute Gasteiger partial charge is 0.378 e. The van der Waals surface area contributed by atoms with Gasteiger partial charge < -0.3 is 9.64 Å². The fourth-order valence-electron chi connectivity index (χ4n) is 2.93. The molecule has 1 aromatic carbocycles. The second kappa shape index (κ2) is 8.12. The lowest BCUT2D eigenvalue weighted by Gasteiger charge is -2.26. The number of allylic oxidation sites excluding steroid dienone is 1. The van der Waals surface area contributed by atoms with E-state index < -0.39 is 0 Å². The predicted octanol–water partition coefficient (Wildman–Crippen LogP) is 4.11. The van der Waals surface area contributed by atoms with Crippen molar-refractivity contribution in [1.82, 2.24) is 9.97 Å². The normalized spacial score (nSPS) is 14.8. The standard InChI is InChI=1S/C21H18N4OS/c22-15-17(18-8-4-5-9-23-18)14-19-20(16-6-2-1-3-7-16)24-21(27-19)25-10-12-26-13-11-25/h1-9,14H,10-13H2. The number of rotatable bonds is 4. The summed E-state index contributed by atoms with van der Waals surface area (Å²) in [6.45, 7) is 3.08. The van der Waals surface area contributed by atoms with E-state index in [2.05, 4.69) is 16.0 Å². The van der Waals surface area contributed by atoms with Gasteiger partial charge in [0.2, 0.25) is 0 Å². The van der Waals surface area contributed by atoms with E-state index in [-0.39, 0.29) is 0 Å². The van der Waals surface area contributed by atoms with Crippen LogP contribution in [0.2, 0.25) is 0 Å². The van der Waals surface area contributed by atoms with Gasteiger partial charge in [0.05, 0.1) is 35.1 Å². The van der Waals surface area contributed by atoms with Gasteiger partial charge in [0, 0.05) is 24.8 Å². The Morgan fingerprint density at radius 2 is 1.89 bits per heavy atom. The Morgan fingerprint density at radius 1 is 1.11 bits per heavy atom. The Morgan fingerprint density at radius 3 is 2.59 bits per heavy atom. The highest BCUT2D eigenvalue weighted by Gasteiger charge is 2.19. The van der Waals surface area contributed by atoms with Crippen molar-refractivity contribution in [3.05, 3.63) is 65.3 Å². The third-order valence-electron chi connectivity index (χ3n) is 4.31. The third kappa shape index (κ3) is 3.90. The number of hydrogen-bond acceptors (Lipinski definition) is 6. The molecule has 0 aliphatic carbocycles. The molecule has 0 saturated carbocycles. The van der Waals surface area contributed by atoms with Crippen LogP contribution in [-0.4, -0.2) is 36.3 Å². The number of benzene rings is 1. The van der Waals surface area contributed by atoms with E-state index in [1.807, 2.05) is 54.6 Å². The molecule has 0 bridgehead atoms. The summed E-state index contributed by atoms with van der Waals surface area (Å²) in [5.41, 5.74) is 3.13. The van der Waals surface area contributed by atoms with Gasteiger partial charge >= 0.3 is 0 Å². The number of anilines is 1. The van der Waals surface area contributed by atoms with Crippen LogP contribution >= 0.6 is 11.3 Å². The van der Waals surface area contributed by atoms with Crippen LogP contribution in [-0.2, 0) is 4.74 Å². The monoisotopic (exact) mass is 374 g/mol. The highest BCUT2D eigenvalue weighted by Crippen LogP contribution is 2.35. The SMILES string of the molecule is N#CC(=Cc1sc(N2CCOCC2)nc1-c1ccccc1)c1ccccn1. The molecule has 6 heteroatoms. The molecule has 2 aromatic heterocycles. The summed E-state index contributed by atoms with van der Waals surface area (Å²) < 4.78 is 5.45. The zero-order chi connectivity index (χ0) is 18.5. The minimum absolute atomic E-state index is 0.532. The highest BCUT2D eigenvalue weighted by molar-refractivity contribution is 7.17. The number of hydrogen-bond donors (Lipinski definition) is 0. The van der Waals surface area contributed by atoms with Gasteiger partial charge in [0.15, 0.2) is 5.13 Å². The average molecular weight is 374 g/mol. The van der Waals surface area contributed by atoms with Crippen LogP contribution in [0.1, 0.15) is 10.6 Å². The summed E-state index contributed by atoms with van der Waals surface area (Å²) in [6, 6.07) is 17.9. The lowest BCUT2D eigenvalue weighted by atomic mass is 10.1. The lowest BCUT2D eigenvalue weighted by molar-refractivity contribution is 0.122. The Kier molecular flexibility index (Phi) is 5.24. The van der Waals surface area contributed by atoms with E-state index in [9.17, 15) is 5.26 Å². The van der Waals surface area contributed by atoms with Crippen LogP contribution < -0.4 is 4.90 Å². The van der Waals surface area contributed by atoms with Gasteiger partial charge in [-0.2, -0.15) is 5.26 Å². The van der Waals surface area contributed by atoms with Crippen molar-refractivity contribution in [1.29, 1.82) is 5.26 Å². The quantitative estimate of drug-likeness (QED) is 0.643. The molecule has 5 nitrogen and oxygen atoms in total. The molecule has 4 rings (SSSR count). The van der Waals surface area contributed by atoms with Crippen molar-refractivity contribution >= 4 is 28.1 Å². The van der Waals surface area contributed by atoms with Crippen LogP contribution in [0, 0.1) is 11.3 Å². The average Bonchev–Trinajstić information content (AvgIpc) is 3.18. The van der Waals surface area contributed by atoms with E-state index in [1.165, 1.54) is 0 Å². The van der Waals surface area contributed by atoms with Crippen LogP contribution in [0.15, 0.2) is 54.7 Å². The van der Waals surface area contributed by atoms with Crippen LogP contribution in [0.5, 0.6) is 0 Å². The number of ether oxygens (including phenoxy) is 1. The fourth-order valence-corrected chi connectivity index (χ4v) is 4.01. The molecule has 0 amide bonds. The summed E-state index contributed by atoms with van der Waals surface area (Å²) in [4.78, 5) is 12.4. The van der Waals surface area contributed by atoms with Crippen molar-refractivity contribution in [3.63, 3.8) is 0 Å². The van der Waals surface area contributed by atoms with Gasteiger partial charge in [-0.05, 0) is 18.2 Å². The van der Waals surface area contributed by atoms with Gasteiger partial charge in [-0.3, -0.25) is 4.98 Å². The van der Waals surface area contributed by atoms with E-state index in [1.54, 1.807) is 17.5 Å². The summed E-state index contributed by atoms with van der Waals surface area (Å²) in [7, 11) is 0. The molecular weight excluding hydrogens is 356 g/mol. The van der Waals surface area contributed by atoms with E-state index >= 15 is 0 Å². The van der Waals surface area contributed by atoms with Gasteiger partial charge in [-0.15, -0.1) is 0 Å². The maximum atomic E-state index is 9.66. The highest BCUT2D eigenvalue weighted by atomic mass is 32.1. The first-order valence-electron chi connectivity index (χ1n) is 8.77. The van der Waals surface area contributed by atoms with Gasteiger partial charge in [-0.1, -0.05) is 47.7 Å². The molecule has 134 valence electrons.